The monoisotopic (exact) mass is 280 g/mol. The fraction of sp³-hybridized carbons (Fsp3) is 0.643. The Hall–Kier alpha value is -1.85. The number of amides is 1. The summed E-state index contributed by atoms with van der Waals surface area (Å²) in [6.45, 7) is 5.89. The maximum atomic E-state index is 12.7. The molecule has 0 radical (unpaired) electrons. The van der Waals surface area contributed by atoms with E-state index in [0.29, 0.717) is 18.7 Å². The second-order valence-electron chi connectivity index (χ2n) is 5.64. The van der Waals surface area contributed by atoms with Crippen LogP contribution in [0.1, 0.15) is 45.3 Å². The van der Waals surface area contributed by atoms with Gasteiger partial charge in [0.2, 0.25) is 5.91 Å². The Bertz CT molecular complexity index is 558. The molecule has 0 aromatic carbocycles. The van der Waals surface area contributed by atoms with Crippen LogP contribution in [0.4, 0.5) is 0 Å². The van der Waals surface area contributed by atoms with E-state index >= 15 is 0 Å². The number of H-pyrrole nitrogens is 1. The van der Waals surface area contributed by atoms with Gasteiger partial charge in [-0.1, -0.05) is 13.8 Å². The fourth-order valence-corrected chi connectivity index (χ4v) is 2.82. The van der Waals surface area contributed by atoms with Crippen LogP contribution in [0.25, 0.3) is 0 Å². The molecule has 1 amide bonds. The number of rotatable bonds is 4. The molecule has 1 fully saturated rings. The molecule has 1 aromatic rings. The molecule has 1 saturated heterocycles. The van der Waals surface area contributed by atoms with Gasteiger partial charge in [-0.3, -0.25) is 14.4 Å². The first kappa shape index (κ1) is 14.6. The van der Waals surface area contributed by atoms with Crippen LogP contribution in [0, 0.1) is 5.92 Å². The Labute approximate surface area is 117 Å². The third-order valence-corrected chi connectivity index (χ3v) is 3.79. The van der Waals surface area contributed by atoms with Crippen molar-refractivity contribution in [1.82, 2.24) is 10.1 Å². The van der Waals surface area contributed by atoms with Crippen LogP contribution in [-0.2, 0) is 9.59 Å². The first-order valence-corrected chi connectivity index (χ1v) is 6.91. The molecular weight excluding hydrogens is 260 g/mol. The minimum Gasteiger partial charge on any atom is -0.383 e. The van der Waals surface area contributed by atoms with Gasteiger partial charge in [0.25, 0.3) is 5.56 Å². The summed E-state index contributed by atoms with van der Waals surface area (Å²) in [6, 6.07) is 0.968. The second-order valence-corrected chi connectivity index (χ2v) is 5.64. The topological polar surface area (TPSA) is 83.4 Å². The number of aromatic amines is 1. The van der Waals surface area contributed by atoms with Crippen molar-refractivity contribution in [2.45, 2.75) is 45.6 Å². The number of aromatic nitrogens is 1. The van der Waals surface area contributed by atoms with Crippen molar-refractivity contribution >= 4 is 11.7 Å². The summed E-state index contributed by atoms with van der Waals surface area (Å²) in [7, 11) is 0. The van der Waals surface area contributed by atoms with E-state index in [4.69, 9.17) is 4.52 Å². The molecule has 0 spiro atoms. The average Bonchev–Trinajstić information content (AvgIpc) is 2.97. The molecule has 1 aliphatic heterocycles. The average molecular weight is 280 g/mol. The van der Waals surface area contributed by atoms with E-state index in [0.717, 1.165) is 6.42 Å². The lowest BCUT2D eigenvalue weighted by Gasteiger charge is -2.28. The SMILES string of the molecule is CC(=O)[C@@H]1CCCN1C(=O)C(c1cc(=O)[nH]o1)C(C)C. The van der Waals surface area contributed by atoms with Crippen LogP contribution in [0.5, 0.6) is 0 Å². The fourth-order valence-electron chi connectivity index (χ4n) is 2.82. The van der Waals surface area contributed by atoms with Crippen molar-refractivity contribution in [3.05, 3.63) is 22.2 Å². The van der Waals surface area contributed by atoms with Crippen LogP contribution in [0.2, 0.25) is 0 Å². The van der Waals surface area contributed by atoms with Crippen molar-refractivity contribution in [1.29, 1.82) is 0 Å². The van der Waals surface area contributed by atoms with Crippen molar-refractivity contribution in [3.63, 3.8) is 0 Å². The summed E-state index contributed by atoms with van der Waals surface area (Å²) in [4.78, 5) is 37.2. The van der Waals surface area contributed by atoms with E-state index < -0.39 is 5.92 Å². The molecule has 6 nitrogen and oxygen atoms in total. The number of carbonyl (C=O) groups excluding carboxylic acids is 2. The number of carbonyl (C=O) groups is 2. The van der Waals surface area contributed by atoms with Crippen molar-refractivity contribution < 1.29 is 14.1 Å². The van der Waals surface area contributed by atoms with E-state index in [2.05, 4.69) is 5.16 Å². The molecule has 1 unspecified atom stereocenters. The number of nitrogens with zero attached hydrogens (tertiary/aromatic N) is 1. The highest BCUT2D eigenvalue weighted by atomic mass is 16.5. The van der Waals surface area contributed by atoms with E-state index in [1.165, 1.54) is 13.0 Å². The van der Waals surface area contributed by atoms with Crippen LogP contribution in [-0.4, -0.2) is 34.3 Å². The highest BCUT2D eigenvalue weighted by Gasteiger charge is 2.38. The lowest BCUT2D eigenvalue weighted by Crippen LogP contribution is -2.43. The number of hydrogen-bond acceptors (Lipinski definition) is 4. The molecule has 2 rings (SSSR count). The third kappa shape index (κ3) is 2.69. The molecule has 6 heteroatoms. The molecule has 1 N–H and O–H groups in total. The number of nitrogens with one attached hydrogen (secondary N) is 1. The highest BCUT2D eigenvalue weighted by molar-refractivity contribution is 5.90. The van der Waals surface area contributed by atoms with E-state index in [1.54, 1.807) is 4.90 Å². The van der Waals surface area contributed by atoms with Crippen LogP contribution in [0.3, 0.4) is 0 Å². The Morgan fingerprint density at radius 2 is 2.15 bits per heavy atom. The number of likely N-dealkylation sites (tertiary alicyclic amines) is 1. The van der Waals surface area contributed by atoms with Crippen LogP contribution >= 0.6 is 0 Å². The minimum atomic E-state index is -0.533. The zero-order chi connectivity index (χ0) is 14.9. The Morgan fingerprint density at radius 1 is 1.45 bits per heavy atom. The lowest BCUT2D eigenvalue weighted by atomic mass is 9.91. The third-order valence-electron chi connectivity index (χ3n) is 3.79. The molecule has 110 valence electrons. The normalized spacial score (nSPS) is 20.4. The molecule has 1 aromatic heterocycles. The summed E-state index contributed by atoms with van der Waals surface area (Å²) >= 11 is 0. The van der Waals surface area contributed by atoms with Gasteiger partial charge in [0.15, 0.2) is 11.5 Å². The van der Waals surface area contributed by atoms with Crippen molar-refractivity contribution in [2.75, 3.05) is 6.54 Å². The lowest BCUT2D eigenvalue weighted by molar-refractivity contribution is -0.139. The van der Waals surface area contributed by atoms with Crippen LogP contribution < -0.4 is 5.56 Å². The molecule has 0 saturated carbocycles. The van der Waals surface area contributed by atoms with Gasteiger partial charge in [-0.05, 0) is 25.7 Å². The van der Waals surface area contributed by atoms with Crippen molar-refractivity contribution in [3.8, 4) is 0 Å². The minimum absolute atomic E-state index is 0.00822. The largest absolute Gasteiger partial charge is 0.383 e. The molecule has 2 heterocycles. The van der Waals surface area contributed by atoms with Gasteiger partial charge in [0.05, 0.1) is 6.04 Å². The van der Waals surface area contributed by atoms with E-state index in [-0.39, 0.29) is 29.2 Å². The van der Waals surface area contributed by atoms with Gasteiger partial charge in [0, 0.05) is 12.6 Å². The summed E-state index contributed by atoms with van der Waals surface area (Å²) in [5, 5.41) is 2.22. The number of ketones is 1. The standard InChI is InChI=1S/C14H20N2O4/c1-8(2)13(11-7-12(18)15-20-11)14(19)16-6-4-5-10(16)9(3)17/h7-8,10,13H,4-6H2,1-3H3,(H,15,18)/t10-,13?/m0/s1. The zero-order valence-electron chi connectivity index (χ0n) is 12.0. The molecule has 0 bridgehead atoms. The first-order chi connectivity index (χ1) is 9.41. The predicted octanol–water partition coefficient (Wildman–Crippen LogP) is 1.29. The summed E-state index contributed by atoms with van der Waals surface area (Å²) < 4.78 is 5.09. The quantitative estimate of drug-likeness (QED) is 0.900. The van der Waals surface area contributed by atoms with E-state index in [9.17, 15) is 14.4 Å². The maximum absolute atomic E-state index is 12.7. The number of Topliss-reactive ketones (excluding diaryl/α,β-unsaturated/α-hetero) is 1. The summed E-state index contributed by atoms with van der Waals surface area (Å²) in [5.74, 6) is -0.345. The Balaban J connectivity index is 2.28. The number of hydrogen-bond donors (Lipinski definition) is 1. The Morgan fingerprint density at radius 3 is 2.65 bits per heavy atom. The van der Waals surface area contributed by atoms with Crippen LogP contribution in [0.15, 0.2) is 15.4 Å². The second kappa shape index (κ2) is 5.64. The molecule has 2 atom stereocenters. The maximum Gasteiger partial charge on any atom is 0.280 e. The van der Waals surface area contributed by atoms with Gasteiger partial charge in [-0.25, -0.2) is 0 Å². The highest BCUT2D eigenvalue weighted by Crippen LogP contribution is 2.29. The van der Waals surface area contributed by atoms with Gasteiger partial charge in [-0.2, -0.15) is 5.16 Å². The Kier molecular flexibility index (Phi) is 4.11. The summed E-state index contributed by atoms with van der Waals surface area (Å²) in [5.41, 5.74) is -0.358. The predicted molar refractivity (Wildman–Crippen MR) is 72.3 cm³/mol. The molecule has 0 aliphatic carbocycles. The molecular formula is C14H20N2O4. The smallest absolute Gasteiger partial charge is 0.280 e. The molecule has 20 heavy (non-hydrogen) atoms. The van der Waals surface area contributed by atoms with Gasteiger partial charge in [-0.15, -0.1) is 0 Å². The van der Waals surface area contributed by atoms with Gasteiger partial charge < -0.3 is 9.42 Å². The zero-order valence-corrected chi connectivity index (χ0v) is 12.0. The van der Waals surface area contributed by atoms with Crippen molar-refractivity contribution in [2.24, 2.45) is 5.92 Å². The summed E-state index contributed by atoms with van der Waals surface area (Å²) in [6.07, 6.45) is 1.54. The van der Waals surface area contributed by atoms with Gasteiger partial charge in [0.1, 0.15) is 5.92 Å². The molecule has 1 aliphatic rings. The van der Waals surface area contributed by atoms with E-state index in [1.807, 2.05) is 13.8 Å². The van der Waals surface area contributed by atoms with Gasteiger partial charge >= 0.3 is 0 Å². The first-order valence-electron chi connectivity index (χ1n) is 6.91.